The largest absolute Gasteiger partial charge is 0.483 e. The van der Waals surface area contributed by atoms with Crippen molar-refractivity contribution >= 4 is 0 Å². The molecule has 0 spiro atoms. The second-order valence-electron chi connectivity index (χ2n) is 5.36. The number of rotatable bonds is 9. The zero-order valence-electron chi connectivity index (χ0n) is 14.5. The first-order valence-electron chi connectivity index (χ1n) is 8.25. The van der Waals surface area contributed by atoms with Gasteiger partial charge in [0.2, 0.25) is 5.43 Å². The molecule has 1 aromatic heterocycles. The van der Waals surface area contributed by atoms with E-state index in [9.17, 15) is 4.79 Å². The summed E-state index contributed by atoms with van der Waals surface area (Å²) in [6.45, 7) is 7.74. The maximum atomic E-state index is 12.1. The highest BCUT2D eigenvalue weighted by Crippen LogP contribution is 2.15. The van der Waals surface area contributed by atoms with Crippen molar-refractivity contribution < 1.29 is 14.2 Å². The monoisotopic (exact) mass is 331 g/mol. The lowest BCUT2D eigenvalue weighted by molar-refractivity contribution is -0.143. The third-order valence-electron chi connectivity index (χ3n) is 3.67. The van der Waals surface area contributed by atoms with Crippen LogP contribution in [0.1, 0.15) is 25.1 Å². The third-order valence-corrected chi connectivity index (χ3v) is 3.67. The Morgan fingerprint density at radius 3 is 2.33 bits per heavy atom. The molecule has 0 amide bonds. The maximum absolute atomic E-state index is 12.1. The molecule has 1 aromatic carbocycles. The van der Waals surface area contributed by atoms with E-state index in [2.05, 4.69) is 0 Å². The first kappa shape index (κ1) is 18.2. The van der Waals surface area contributed by atoms with E-state index in [0.29, 0.717) is 32.1 Å². The quantitative estimate of drug-likeness (QED) is 0.663. The van der Waals surface area contributed by atoms with Gasteiger partial charge < -0.3 is 18.8 Å². The lowest BCUT2D eigenvalue weighted by atomic mass is 10.2. The summed E-state index contributed by atoms with van der Waals surface area (Å²) in [7, 11) is 0. The molecule has 5 heteroatoms. The topological polar surface area (TPSA) is 49.7 Å². The number of pyridine rings is 1. The fourth-order valence-corrected chi connectivity index (χ4v) is 2.44. The highest BCUT2D eigenvalue weighted by molar-refractivity contribution is 5.28. The third kappa shape index (κ3) is 4.94. The van der Waals surface area contributed by atoms with Crippen LogP contribution in [0.4, 0.5) is 0 Å². The molecule has 0 unspecified atom stereocenters. The number of hydrogen-bond donors (Lipinski definition) is 0. The average molecular weight is 331 g/mol. The van der Waals surface area contributed by atoms with Gasteiger partial charge in [-0.05, 0) is 26.3 Å². The van der Waals surface area contributed by atoms with Crippen LogP contribution in [0.25, 0.3) is 0 Å². The van der Waals surface area contributed by atoms with Crippen LogP contribution in [0.3, 0.4) is 0 Å². The molecule has 0 bridgehead atoms. The van der Waals surface area contributed by atoms with Gasteiger partial charge in [-0.15, -0.1) is 0 Å². The summed E-state index contributed by atoms with van der Waals surface area (Å²) in [4.78, 5) is 12.1. The van der Waals surface area contributed by atoms with Crippen molar-refractivity contribution in [3.05, 3.63) is 64.1 Å². The van der Waals surface area contributed by atoms with Crippen LogP contribution >= 0.6 is 0 Å². The zero-order valence-corrected chi connectivity index (χ0v) is 14.5. The summed E-state index contributed by atoms with van der Waals surface area (Å²) >= 11 is 0. The second kappa shape index (κ2) is 9.25. The first-order valence-corrected chi connectivity index (χ1v) is 8.25. The van der Waals surface area contributed by atoms with Crippen molar-refractivity contribution in [2.24, 2.45) is 0 Å². The number of ether oxygens (including phenoxy) is 3. The Morgan fingerprint density at radius 2 is 1.71 bits per heavy atom. The van der Waals surface area contributed by atoms with Crippen LogP contribution in [-0.2, 0) is 22.6 Å². The SMILES string of the molecule is CCOC(Cn1ccc(=O)c(OCc2ccccc2)c1C)OCC. The van der Waals surface area contributed by atoms with Gasteiger partial charge in [0.25, 0.3) is 0 Å². The molecule has 0 radical (unpaired) electrons. The minimum Gasteiger partial charge on any atom is -0.483 e. The molecule has 24 heavy (non-hydrogen) atoms. The molecule has 2 rings (SSSR count). The molecular formula is C19H25NO4. The standard InChI is InChI=1S/C19H25NO4/c1-4-22-18(23-5-2)13-20-12-11-17(21)19(15(20)3)24-14-16-9-7-6-8-10-16/h6-12,18H,4-5,13-14H2,1-3H3. The van der Waals surface area contributed by atoms with Crippen molar-refractivity contribution in [3.63, 3.8) is 0 Å². The maximum Gasteiger partial charge on any atom is 0.223 e. The van der Waals surface area contributed by atoms with Gasteiger partial charge in [-0.2, -0.15) is 0 Å². The lowest BCUT2D eigenvalue weighted by Crippen LogP contribution is -2.26. The van der Waals surface area contributed by atoms with E-state index in [-0.39, 0.29) is 11.7 Å². The lowest BCUT2D eigenvalue weighted by Gasteiger charge is -2.21. The number of benzene rings is 1. The van der Waals surface area contributed by atoms with E-state index in [1.807, 2.05) is 55.7 Å². The Labute approximate surface area is 142 Å². The van der Waals surface area contributed by atoms with Gasteiger partial charge in [0.1, 0.15) is 6.61 Å². The van der Waals surface area contributed by atoms with Crippen LogP contribution in [0.5, 0.6) is 5.75 Å². The molecule has 0 saturated carbocycles. The fourth-order valence-electron chi connectivity index (χ4n) is 2.44. The predicted octanol–water partition coefficient (Wildman–Crippen LogP) is 3.13. The van der Waals surface area contributed by atoms with Gasteiger partial charge >= 0.3 is 0 Å². The normalized spacial score (nSPS) is 11.0. The molecule has 0 aliphatic heterocycles. The first-order chi connectivity index (χ1) is 11.7. The van der Waals surface area contributed by atoms with E-state index in [4.69, 9.17) is 14.2 Å². The van der Waals surface area contributed by atoms with Crippen LogP contribution < -0.4 is 10.2 Å². The molecule has 0 saturated heterocycles. The molecular weight excluding hydrogens is 306 g/mol. The van der Waals surface area contributed by atoms with Crippen LogP contribution in [-0.4, -0.2) is 24.1 Å². The van der Waals surface area contributed by atoms with Gasteiger partial charge in [-0.25, -0.2) is 0 Å². The Hall–Kier alpha value is -2.11. The molecule has 2 aromatic rings. The van der Waals surface area contributed by atoms with Crippen molar-refractivity contribution in [1.82, 2.24) is 4.57 Å². The van der Waals surface area contributed by atoms with Gasteiger partial charge in [-0.3, -0.25) is 4.79 Å². The fraction of sp³-hybridized carbons (Fsp3) is 0.421. The Kier molecular flexibility index (Phi) is 7.03. The number of aromatic nitrogens is 1. The molecule has 130 valence electrons. The van der Waals surface area contributed by atoms with Crippen molar-refractivity contribution in [1.29, 1.82) is 0 Å². The summed E-state index contributed by atoms with van der Waals surface area (Å²) in [5, 5.41) is 0. The highest BCUT2D eigenvalue weighted by Gasteiger charge is 2.14. The zero-order chi connectivity index (χ0) is 17.4. The molecule has 1 heterocycles. The predicted molar refractivity (Wildman–Crippen MR) is 93.3 cm³/mol. The summed E-state index contributed by atoms with van der Waals surface area (Å²) < 4.78 is 18.9. The minimum atomic E-state index is -0.344. The highest BCUT2D eigenvalue weighted by atomic mass is 16.7. The van der Waals surface area contributed by atoms with Crippen LogP contribution in [0.15, 0.2) is 47.4 Å². The second-order valence-corrected chi connectivity index (χ2v) is 5.36. The number of hydrogen-bond acceptors (Lipinski definition) is 4. The van der Waals surface area contributed by atoms with Crippen LogP contribution in [0, 0.1) is 6.92 Å². The van der Waals surface area contributed by atoms with Gasteiger partial charge in [0, 0.05) is 25.5 Å². The molecule has 0 N–H and O–H groups in total. The minimum absolute atomic E-state index is 0.121. The van der Waals surface area contributed by atoms with Crippen molar-refractivity contribution in [2.45, 2.75) is 40.2 Å². The molecule has 0 aliphatic carbocycles. The van der Waals surface area contributed by atoms with Crippen LogP contribution in [0.2, 0.25) is 0 Å². The summed E-state index contributed by atoms with van der Waals surface area (Å²) in [6, 6.07) is 11.3. The van der Waals surface area contributed by atoms with E-state index >= 15 is 0 Å². The molecule has 5 nitrogen and oxygen atoms in total. The molecule has 0 aliphatic rings. The summed E-state index contributed by atoms with van der Waals surface area (Å²) in [5.41, 5.74) is 1.67. The smallest absolute Gasteiger partial charge is 0.223 e. The Bertz CT molecular complexity index is 676. The van der Waals surface area contributed by atoms with Crippen molar-refractivity contribution in [3.8, 4) is 5.75 Å². The number of nitrogens with zero attached hydrogens (tertiary/aromatic N) is 1. The van der Waals surface area contributed by atoms with Gasteiger partial charge in [0.15, 0.2) is 12.0 Å². The van der Waals surface area contributed by atoms with E-state index < -0.39 is 0 Å². The Morgan fingerprint density at radius 1 is 1.04 bits per heavy atom. The summed E-state index contributed by atoms with van der Waals surface area (Å²) in [5.74, 6) is 0.369. The molecule has 0 fully saturated rings. The van der Waals surface area contributed by atoms with Gasteiger partial charge in [-0.1, -0.05) is 30.3 Å². The van der Waals surface area contributed by atoms with Gasteiger partial charge in [0.05, 0.1) is 12.2 Å². The van der Waals surface area contributed by atoms with Crippen molar-refractivity contribution in [2.75, 3.05) is 13.2 Å². The summed E-state index contributed by atoms with van der Waals surface area (Å²) in [6.07, 6.45) is 1.40. The average Bonchev–Trinajstić information content (AvgIpc) is 2.58. The van der Waals surface area contributed by atoms with E-state index in [0.717, 1.165) is 11.3 Å². The Balaban J connectivity index is 2.15. The van der Waals surface area contributed by atoms with E-state index in [1.54, 1.807) is 6.20 Å². The molecule has 0 atom stereocenters. The van der Waals surface area contributed by atoms with E-state index in [1.165, 1.54) is 6.07 Å².